The number of carbonyl (C=O) groups is 1. The first-order chi connectivity index (χ1) is 13.4. The van der Waals surface area contributed by atoms with Crippen molar-refractivity contribution < 1.29 is 9.53 Å². The van der Waals surface area contributed by atoms with Crippen molar-refractivity contribution in [3.63, 3.8) is 0 Å². The predicted octanol–water partition coefficient (Wildman–Crippen LogP) is 3.81. The third-order valence-corrected chi connectivity index (χ3v) is 4.49. The number of nitrogens with zero attached hydrogens (tertiary/aromatic N) is 4. The van der Waals surface area contributed by atoms with E-state index in [1.54, 1.807) is 4.68 Å². The van der Waals surface area contributed by atoms with Gasteiger partial charge in [-0.2, -0.15) is 4.68 Å². The van der Waals surface area contributed by atoms with Crippen molar-refractivity contribution >= 4 is 11.6 Å². The molecule has 0 fully saturated rings. The van der Waals surface area contributed by atoms with Gasteiger partial charge in [-0.3, -0.25) is 4.79 Å². The fraction of sp³-hybridized carbons (Fsp3) is 0.333. The van der Waals surface area contributed by atoms with Crippen molar-refractivity contribution in [2.24, 2.45) is 0 Å². The Morgan fingerprint density at radius 2 is 1.89 bits per heavy atom. The lowest BCUT2D eigenvalue weighted by molar-refractivity contribution is -0.116. The molecule has 0 aliphatic heterocycles. The summed E-state index contributed by atoms with van der Waals surface area (Å²) in [5.74, 6) is 1.82. The average molecular weight is 379 g/mol. The summed E-state index contributed by atoms with van der Waals surface area (Å²) in [6.07, 6.45) is 0.263. The zero-order valence-corrected chi connectivity index (χ0v) is 16.6. The highest BCUT2D eigenvalue weighted by Gasteiger charge is 2.10. The molecule has 0 saturated heterocycles. The van der Waals surface area contributed by atoms with Gasteiger partial charge in [-0.1, -0.05) is 32.0 Å². The number of aryl methyl sites for hydroxylation is 2. The molecule has 3 aromatic rings. The van der Waals surface area contributed by atoms with E-state index in [1.165, 1.54) is 5.56 Å². The summed E-state index contributed by atoms with van der Waals surface area (Å²) in [4.78, 5) is 12.3. The van der Waals surface area contributed by atoms with Crippen molar-refractivity contribution in [3.05, 3.63) is 59.4 Å². The van der Waals surface area contributed by atoms with Crippen LogP contribution in [0.5, 0.6) is 5.75 Å². The summed E-state index contributed by atoms with van der Waals surface area (Å²) in [5.41, 5.74) is 3.81. The molecule has 0 saturated carbocycles. The van der Waals surface area contributed by atoms with Crippen LogP contribution in [0.1, 0.15) is 43.1 Å². The van der Waals surface area contributed by atoms with Crippen LogP contribution < -0.4 is 10.1 Å². The summed E-state index contributed by atoms with van der Waals surface area (Å²) < 4.78 is 7.32. The predicted molar refractivity (Wildman–Crippen MR) is 108 cm³/mol. The number of hydrogen-bond acceptors (Lipinski definition) is 5. The highest BCUT2D eigenvalue weighted by molar-refractivity contribution is 5.91. The molecule has 146 valence electrons. The zero-order valence-electron chi connectivity index (χ0n) is 16.6. The van der Waals surface area contributed by atoms with E-state index in [0.29, 0.717) is 24.0 Å². The van der Waals surface area contributed by atoms with Crippen molar-refractivity contribution in [1.82, 2.24) is 20.2 Å². The van der Waals surface area contributed by atoms with Gasteiger partial charge in [0.2, 0.25) is 5.91 Å². The number of aromatic nitrogens is 4. The topological polar surface area (TPSA) is 81.9 Å². The number of benzene rings is 2. The molecule has 7 heteroatoms. The molecule has 0 spiro atoms. The van der Waals surface area contributed by atoms with E-state index < -0.39 is 0 Å². The molecule has 2 aromatic carbocycles. The minimum atomic E-state index is -0.109. The maximum Gasteiger partial charge on any atom is 0.227 e. The fourth-order valence-electron chi connectivity index (χ4n) is 2.80. The standard InChI is InChI=1S/C21H25N5O2/c1-14(2)17-6-9-19(10-7-17)28-12-11-21(27)22-18-8-5-15(3)20(13-18)26-16(4)23-24-25-26/h5-10,13-14H,11-12H2,1-4H3,(H,22,27). The third kappa shape index (κ3) is 4.73. The van der Waals surface area contributed by atoms with Crippen molar-refractivity contribution in [2.75, 3.05) is 11.9 Å². The molecular formula is C21H25N5O2. The summed E-state index contributed by atoms with van der Waals surface area (Å²) >= 11 is 0. The van der Waals surface area contributed by atoms with Crippen LogP contribution in [0.3, 0.4) is 0 Å². The number of rotatable bonds is 7. The van der Waals surface area contributed by atoms with E-state index in [2.05, 4.69) is 46.8 Å². The molecule has 0 aliphatic carbocycles. The van der Waals surface area contributed by atoms with Crippen LogP contribution in [-0.2, 0) is 4.79 Å². The Bertz CT molecular complexity index is 948. The van der Waals surface area contributed by atoms with E-state index in [0.717, 1.165) is 17.0 Å². The van der Waals surface area contributed by atoms with Crippen LogP contribution >= 0.6 is 0 Å². The largest absolute Gasteiger partial charge is 0.493 e. The lowest BCUT2D eigenvalue weighted by Crippen LogP contribution is -2.15. The molecule has 0 aliphatic rings. The second kappa shape index (κ2) is 8.65. The van der Waals surface area contributed by atoms with Crippen molar-refractivity contribution in [3.8, 4) is 11.4 Å². The molecule has 3 rings (SSSR count). The minimum absolute atomic E-state index is 0.109. The summed E-state index contributed by atoms with van der Waals surface area (Å²) in [7, 11) is 0. The number of nitrogens with one attached hydrogen (secondary N) is 1. The molecule has 1 aromatic heterocycles. The number of hydrogen-bond donors (Lipinski definition) is 1. The van der Waals surface area contributed by atoms with Crippen LogP contribution in [-0.4, -0.2) is 32.7 Å². The maximum absolute atomic E-state index is 12.3. The van der Waals surface area contributed by atoms with Gasteiger partial charge in [-0.05, 0) is 65.6 Å². The van der Waals surface area contributed by atoms with Gasteiger partial charge in [-0.25, -0.2) is 0 Å². The van der Waals surface area contributed by atoms with Crippen LogP contribution in [0.25, 0.3) is 5.69 Å². The number of tetrazole rings is 1. The Labute approximate surface area is 164 Å². The lowest BCUT2D eigenvalue weighted by Gasteiger charge is -2.11. The summed E-state index contributed by atoms with van der Waals surface area (Å²) in [6, 6.07) is 13.6. The van der Waals surface area contributed by atoms with E-state index in [1.807, 2.05) is 44.2 Å². The minimum Gasteiger partial charge on any atom is -0.493 e. The smallest absolute Gasteiger partial charge is 0.227 e. The Hall–Kier alpha value is -3.22. The highest BCUT2D eigenvalue weighted by atomic mass is 16.5. The molecule has 0 bridgehead atoms. The molecule has 0 unspecified atom stereocenters. The lowest BCUT2D eigenvalue weighted by atomic mass is 10.0. The molecule has 28 heavy (non-hydrogen) atoms. The molecular weight excluding hydrogens is 354 g/mol. The monoisotopic (exact) mass is 379 g/mol. The second-order valence-corrected chi connectivity index (χ2v) is 7.01. The van der Waals surface area contributed by atoms with Crippen molar-refractivity contribution in [2.45, 2.75) is 40.0 Å². The number of carbonyl (C=O) groups excluding carboxylic acids is 1. The molecule has 7 nitrogen and oxygen atoms in total. The zero-order chi connectivity index (χ0) is 20.1. The Morgan fingerprint density at radius 3 is 2.54 bits per heavy atom. The maximum atomic E-state index is 12.3. The van der Waals surface area contributed by atoms with E-state index in [-0.39, 0.29) is 12.3 Å². The second-order valence-electron chi connectivity index (χ2n) is 7.01. The Morgan fingerprint density at radius 1 is 1.14 bits per heavy atom. The van der Waals surface area contributed by atoms with Gasteiger partial charge >= 0.3 is 0 Å². The summed E-state index contributed by atoms with van der Waals surface area (Å²) in [5, 5.41) is 14.5. The van der Waals surface area contributed by atoms with Gasteiger partial charge in [0.15, 0.2) is 5.82 Å². The van der Waals surface area contributed by atoms with Gasteiger partial charge in [0.05, 0.1) is 18.7 Å². The first-order valence-corrected chi connectivity index (χ1v) is 9.32. The Balaban J connectivity index is 1.56. The van der Waals surface area contributed by atoms with Gasteiger partial charge < -0.3 is 10.1 Å². The van der Waals surface area contributed by atoms with E-state index >= 15 is 0 Å². The van der Waals surface area contributed by atoms with Crippen LogP contribution in [0.15, 0.2) is 42.5 Å². The van der Waals surface area contributed by atoms with E-state index in [4.69, 9.17) is 4.74 Å². The van der Waals surface area contributed by atoms with Crippen LogP contribution in [0, 0.1) is 13.8 Å². The molecule has 0 atom stereocenters. The average Bonchev–Trinajstić information content (AvgIpc) is 3.09. The SMILES string of the molecule is Cc1ccc(NC(=O)CCOc2ccc(C(C)C)cc2)cc1-n1nnnc1C. The molecule has 1 amide bonds. The summed E-state index contributed by atoms with van der Waals surface area (Å²) in [6.45, 7) is 8.42. The van der Waals surface area contributed by atoms with Crippen LogP contribution in [0.2, 0.25) is 0 Å². The number of anilines is 1. The van der Waals surface area contributed by atoms with Crippen molar-refractivity contribution in [1.29, 1.82) is 0 Å². The number of ether oxygens (including phenoxy) is 1. The quantitative estimate of drug-likeness (QED) is 0.675. The fourth-order valence-corrected chi connectivity index (χ4v) is 2.80. The first kappa shape index (κ1) is 19.5. The molecule has 0 radical (unpaired) electrons. The van der Waals surface area contributed by atoms with Gasteiger partial charge in [0.25, 0.3) is 0 Å². The first-order valence-electron chi connectivity index (χ1n) is 9.32. The Kier molecular flexibility index (Phi) is 6.03. The molecule has 1 heterocycles. The van der Waals surface area contributed by atoms with Crippen LogP contribution in [0.4, 0.5) is 5.69 Å². The van der Waals surface area contributed by atoms with E-state index in [9.17, 15) is 4.79 Å². The van der Waals surface area contributed by atoms with Gasteiger partial charge in [-0.15, -0.1) is 5.10 Å². The van der Waals surface area contributed by atoms with Gasteiger partial charge in [0.1, 0.15) is 5.75 Å². The highest BCUT2D eigenvalue weighted by Crippen LogP contribution is 2.20. The number of amides is 1. The molecule has 1 N–H and O–H groups in total. The normalized spacial score (nSPS) is 10.9. The van der Waals surface area contributed by atoms with Gasteiger partial charge in [0, 0.05) is 5.69 Å². The third-order valence-electron chi connectivity index (χ3n) is 4.49.